The number of ether oxygens (including phenoxy) is 1. The van der Waals surface area contributed by atoms with Crippen LogP contribution in [0.25, 0.3) is 5.78 Å². The van der Waals surface area contributed by atoms with Crippen molar-refractivity contribution in [2.75, 3.05) is 11.6 Å². The van der Waals surface area contributed by atoms with Gasteiger partial charge in [0.25, 0.3) is 11.7 Å². The van der Waals surface area contributed by atoms with E-state index in [1.165, 1.54) is 18.7 Å². The van der Waals surface area contributed by atoms with Crippen molar-refractivity contribution >= 4 is 46.7 Å². The molecule has 0 saturated carbocycles. The summed E-state index contributed by atoms with van der Waals surface area (Å²) in [6.45, 7) is 5.33. The average molecular weight is 448 g/mol. The van der Waals surface area contributed by atoms with Gasteiger partial charge in [-0.3, -0.25) is 9.59 Å². The highest BCUT2D eigenvalue weighted by Gasteiger charge is 2.19. The first-order valence-electron chi connectivity index (χ1n) is 9.31. The molecule has 0 unspecified atom stereocenters. The van der Waals surface area contributed by atoms with E-state index in [1.54, 1.807) is 28.8 Å². The van der Waals surface area contributed by atoms with Crippen LogP contribution in [-0.4, -0.2) is 43.8 Å². The Morgan fingerprint density at radius 3 is 2.60 bits per heavy atom. The number of anilines is 1. The smallest absolute Gasteiger partial charge is 0.306 e. The lowest BCUT2D eigenvalue weighted by Crippen LogP contribution is -2.30. The molecule has 0 fully saturated rings. The lowest BCUT2D eigenvalue weighted by atomic mass is 10.1. The van der Waals surface area contributed by atoms with Gasteiger partial charge in [-0.1, -0.05) is 23.4 Å². The normalized spacial score (nSPS) is 12.0. The van der Waals surface area contributed by atoms with Crippen LogP contribution in [0.4, 0.5) is 5.69 Å². The van der Waals surface area contributed by atoms with Gasteiger partial charge >= 0.3 is 5.97 Å². The minimum atomic E-state index is -0.921. The Morgan fingerprint density at radius 2 is 1.93 bits per heavy atom. The topological polar surface area (TPSA) is 98.5 Å². The van der Waals surface area contributed by atoms with Crippen LogP contribution in [0.15, 0.2) is 29.4 Å². The second-order valence-corrected chi connectivity index (χ2v) is 7.91. The molecule has 2 aromatic heterocycles. The molecule has 0 spiro atoms. The number of nitrogens with one attached hydrogen (secondary N) is 1. The molecule has 8 nitrogen and oxygen atoms in total. The zero-order valence-corrected chi connectivity index (χ0v) is 18.7. The maximum atomic E-state index is 12.3. The van der Waals surface area contributed by atoms with Gasteiger partial charge in [-0.25, -0.2) is 9.50 Å². The van der Waals surface area contributed by atoms with Gasteiger partial charge in [-0.2, -0.15) is 4.98 Å². The fraction of sp³-hybridized carbons (Fsp3) is 0.350. The highest BCUT2D eigenvalue weighted by atomic mass is 35.5. The number of fused-ring (bicyclic) bond motifs is 1. The molecule has 3 rings (SSSR count). The van der Waals surface area contributed by atoms with E-state index in [9.17, 15) is 9.59 Å². The van der Waals surface area contributed by atoms with E-state index >= 15 is 0 Å². The van der Waals surface area contributed by atoms with Crippen molar-refractivity contribution in [3.63, 3.8) is 0 Å². The third kappa shape index (κ3) is 5.09. The van der Waals surface area contributed by atoms with Crippen molar-refractivity contribution in [2.24, 2.45) is 0 Å². The van der Waals surface area contributed by atoms with Crippen LogP contribution in [0.3, 0.4) is 0 Å². The molecule has 1 aromatic carbocycles. The van der Waals surface area contributed by atoms with Gasteiger partial charge < -0.3 is 10.1 Å². The average Bonchev–Trinajstić information content (AvgIpc) is 3.12. The van der Waals surface area contributed by atoms with Crippen LogP contribution in [0, 0.1) is 13.8 Å². The molecule has 158 valence electrons. The molecule has 0 aliphatic rings. The van der Waals surface area contributed by atoms with Crippen LogP contribution in [0.5, 0.6) is 0 Å². The van der Waals surface area contributed by atoms with E-state index in [4.69, 9.17) is 16.3 Å². The number of nitrogens with zero attached hydrogens (tertiary/aromatic N) is 4. The number of hydrogen-bond acceptors (Lipinski definition) is 7. The number of aryl methyl sites for hydroxylation is 2. The summed E-state index contributed by atoms with van der Waals surface area (Å²) in [5.41, 5.74) is 3.17. The Kier molecular flexibility index (Phi) is 6.94. The Hall–Kier alpha value is -2.65. The van der Waals surface area contributed by atoms with Crippen LogP contribution < -0.4 is 5.32 Å². The lowest BCUT2D eigenvalue weighted by Gasteiger charge is -2.14. The zero-order valence-electron chi connectivity index (χ0n) is 17.1. The highest BCUT2D eigenvalue weighted by molar-refractivity contribution is 7.98. The second kappa shape index (κ2) is 9.44. The minimum Gasteiger partial charge on any atom is -0.453 e. The first kappa shape index (κ1) is 22.0. The zero-order chi connectivity index (χ0) is 21.8. The fourth-order valence-electron chi connectivity index (χ4n) is 2.95. The van der Waals surface area contributed by atoms with E-state index < -0.39 is 18.0 Å². The number of amides is 1. The van der Waals surface area contributed by atoms with Crippen molar-refractivity contribution in [2.45, 2.75) is 44.9 Å². The van der Waals surface area contributed by atoms with Crippen molar-refractivity contribution in [3.05, 3.63) is 46.2 Å². The van der Waals surface area contributed by atoms with E-state index in [2.05, 4.69) is 20.4 Å². The van der Waals surface area contributed by atoms with Gasteiger partial charge in [0.05, 0.1) is 0 Å². The van der Waals surface area contributed by atoms with Gasteiger partial charge in [0.2, 0.25) is 5.16 Å². The molecule has 1 amide bonds. The van der Waals surface area contributed by atoms with Crippen LogP contribution in [0.1, 0.15) is 30.3 Å². The molecule has 2 heterocycles. The molecule has 0 bridgehead atoms. The SMILES string of the molecule is CSc1nc2nc(C)c(CCC(=O)O[C@@H](C)C(=O)Nc3ccc(Cl)cc3)c(C)n2n1. The number of carbonyl (C=O) groups excluding carboxylic acids is 2. The quantitative estimate of drug-likeness (QED) is 0.436. The van der Waals surface area contributed by atoms with Crippen LogP contribution in [-0.2, 0) is 20.7 Å². The summed E-state index contributed by atoms with van der Waals surface area (Å²) in [5, 5.41) is 8.31. The maximum absolute atomic E-state index is 12.3. The summed E-state index contributed by atoms with van der Waals surface area (Å²) in [6, 6.07) is 6.69. The number of esters is 1. The number of thioether (sulfide) groups is 1. The summed E-state index contributed by atoms with van der Waals surface area (Å²) in [4.78, 5) is 33.4. The lowest BCUT2D eigenvalue weighted by molar-refractivity contribution is -0.153. The van der Waals surface area contributed by atoms with E-state index in [1.807, 2.05) is 20.1 Å². The van der Waals surface area contributed by atoms with E-state index in [-0.39, 0.29) is 6.42 Å². The summed E-state index contributed by atoms with van der Waals surface area (Å²) in [6.07, 6.45) is 1.53. The molecular formula is C20H22ClN5O3S. The Labute approximate surface area is 183 Å². The molecule has 1 atom stereocenters. The Bertz CT molecular complexity index is 1080. The van der Waals surface area contributed by atoms with Crippen LogP contribution >= 0.6 is 23.4 Å². The molecule has 0 aliphatic carbocycles. The van der Waals surface area contributed by atoms with E-state index in [0.29, 0.717) is 28.1 Å². The molecular weight excluding hydrogens is 426 g/mol. The fourth-order valence-corrected chi connectivity index (χ4v) is 3.41. The predicted octanol–water partition coefficient (Wildman–Crippen LogP) is 3.62. The third-order valence-electron chi connectivity index (χ3n) is 4.58. The van der Waals surface area contributed by atoms with Gasteiger partial charge in [0.15, 0.2) is 6.10 Å². The minimum absolute atomic E-state index is 0.123. The Morgan fingerprint density at radius 1 is 1.23 bits per heavy atom. The number of hydrogen-bond donors (Lipinski definition) is 1. The first-order chi connectivity index (χ1) is 14.3. The third-order valence-corrected chi connectivity index (χ3v) is 5.37. The molecule has 3 aromatic rings. The first-order valence-corrected chi connectivity index (χ1v) is 10.9. The summed E-state index contributed by atoms with van der Waals surface area (Å²) in [5.74, 6) is -0.336. The molecule has 1 N–H and O–H groups in total. The van der Waals surface area contributed by atoms with Gasteiger partial charge in [0, 0.05) is 28.5 Å². The molecule has 30 heavy (non-hydrogen) atoms. The number of carbonyl (C=O) groups is 2. The standard InChI is InChI=1S/C20H22ClN5O3S/c1-11-16(12(2)26-19(22-11)24-20(25-26)30-4)9-10-17(27)29-13(3)18(28)23-15-7-5-14(21)6-8-15/h5-8,13H,9-10H2,1-4H3,(H,23,28)/t13-/m0/s1. The van der Waals surface area contributed by atoms with Crippen molar-refractivity contribution < 1.29 is 14.3 Å². The monoisotopic (exact) mass is 447 g/mol. The predicted molar refractivity (Wildman–Crippen MR) is 116 cm³/mol. The van der Waals surface area contributed by atoms with Crippen molar-refractivity contribution in [1.82, 2.24) is 19.6 Å². The molecule has 0 radical (unpaired) electrons. The number of rotatable bonds is 7. The second-order valence-electron chi connectivity index (χ2n) is 6.70. The van der Waals surface area contributed by atoms with E-state index in [0.717, 1.165) is 17.0 Å². The van der Waals surface area contributed by atoms with Crippen LogP contribution in [0.2, 0.25) is 5.02 Å². The number of benzene rings is 1. The number of halogens is 1. The molecule has 10 heteroatoms. The summed E-state index contributed by atoms with van der Waals surface area (Å²) < 4.78 is 6.97. The van der Waals surface area contributed by atoms with Gasteiger partial charge in [0.1, 0.15) is 0 Å². The Balaban J connectivity index is 1.59. The largest absolute Gasteiger partial charge is 0.453 e. The number of aromatic nitrogens is 4. The molecule has 0 saturated heterocycles. The van der Waals surface area contributed by atoms with Gasteiger partial charge in [-0.15, -0.1) is 5.10 Å². The highest BCUT2D eigenvalue weighted by Crippen LogP contribution is 2.18. The summed E-state index contributed by atoms with van der Waals surface area (Å²) in [7, 11) is 0. The van der Waals surface area contributed by atoms with Crippen molar-refractivity contribution in [3.8, 4) is 0 Å². The van der Waals surface area contributed by atoms with Crippen molar-refractivity contribution in [1.29, 1.82) is 0 Å². The maximum Gasteiger partial charge on any atom is 0.306 e. The van der Waals surface area contributed by atoms with Gasteiger partial charge in [-0.05, 0) is 63.3 Å². The molecule has 0 aliphatic heterocycles. The summed E-state index contributed by atoms with van der Waals surface area (Å²) >= 11 is 7.27.